The molecule has 4 heteroatoms. The number of nitrogens with one attached hydrogen (secondary N) is 1. The summed E-state index contributed by atoms with van der Waals surface area (Å²) >= 11 is 0. The molecular weight excluding hydrogens is 204 g/mol. The highest BCUT2D eigenvalue weighted by atomic mass is 16.3. The molecule has 1 aliphatic carbocycles. The fourth-order valence-electron chi connectivity index (χ4n) is 2.19. The van der Waals surface area contributed by atoms with Gasteiger partial charge in [0.05, 0.1) is 5.60 Å². The van der Waals surface area contributed by atoms with Crippen molar-refractivity contribution < 1.29 is 9.90 Å². The van der Waals surface area contributed by atoms with Crippen LogP contribution in [0.1, 0.15) is 45.4 Å². The van der Waals surface area contributed by atoms with Crippen LogP contribution in [-0.2, 0) is 4.79 Å². The number of nitrogens with two attached hydrogens (primary N) is 1. The van der Waals surface area contributed by atoms with E-state index in [1.54, 1.807) is 0 Å². The van der Waals surface area contributed by atoms with Gasteiger partial charge in [-0.05, 0) is 25.8 Å². The molecule has 1 aliphatic rings. The zero-order valence-corrected chi connectivity index (χ0v) is 10.2. The van der Waals surface area contributed by atoms with Crippen molar-refractivity contribution in [1.82, 2.24) is 5.32 Å². The number of hydrogen-bond donors (Lipinski definition) is 3. The summed E-state index contributed by atoms with van der Waals surface area (Å²) < 4.78 is 0. The lowest BCUT2D eigenvalue weighted by Gasteiger charge is -2.32. The number of amides is 1. The Morgan fingerprint density at radius 3 is 2.62 bits per heavy atom. The van der Waals surface area contributed by atoms with Crippen molar-refractivity contribution in [2.75, 3.05) is 13.1 Å². The third-order valence-corrected chi connectivity index (χ3v) is 3.42. The molecule has 0 bridgehead atoms. The summed E-state index contributed by atoms with van der Waals surface area (Å²) in [5, 5.41) is 13.0. The summed E-state index contributed by atoms with van der Waals surface area (Å²) in [6.07, 6.45) is 5.62. The highest BCUT2D eigenvalue weighted by molar-refractivity contribution is 5.78. The van der Waals surface area contributed by atoms with Gasteiger partial charge < -0.3 is 16.2 Å². The molecule has 1 fully saturated rings. The van der Waals surface area contributed by atoms with Crippen molar-refractivity contribution in [2.45, 2.75) is 51.0 Å². The zero-order chi connectivity index (χ0) is 12.0. The first-order valence-corrected chi connectivity index (χ1v) is 6.27. The molecule has 0 spiro atoms. The summed E-state index contributed by atoms with van der Waals surface area (Å²) in [5.74, 6) is -0.0540. The maximum atomic E-state index is 11.6. The SMILES string of the molecule is CC(CCN)C(=O)NCC1(O)CCCCC1. The Morgan fingerprint density at radius 2 is 2.06 bits per heavy atom. The summed E-state index contributed by atoms with van der Waals surface area (Å²) in [4.78, 5) is 11.6. The van der Waals surface area contributed by atoms with Gasteiger partial charge in [-0.15, -0.1) is 0 Å². The maximum Gasteiger partial charge on any atom is 0.222 e. The summed E-state index contributed by atoms with van der Waals surface area (Å²) in [7, 11) is 0. The highest BCUT2D eigenvalue weighted by Crippen LogP contribution is 2.27. The van der Waals surface area contributed by atoms with Gasteiger partial charge in [-0.25, -0.2) is 0 Å². The third-order valence-electron chi connectivity index (χ3n) is 3.42. The Balaban J connectivity index is 2.29. The van der Waals surface area contributed by atoms with Crippen molar-refractivity contribution in [3.8, 4) is 0 Å². The van der Waals surface area contributed by atoms with Crippen LogP contribution in [0.4, 0.5) is 0 Å². The molecule has 0 aromatic rings. The second-order valence-electron chi connectivity index (χ2n) is 4.98. The van der Waals surface area contributed by atoms with Crippen LogP contribution in [0.25, 0.3) is 0 Å². The normalized spacial score (nSPS) is 21.4. The summed E-state index contributed by atoms with van der Waals surface area (Å²) in [6, 6.07) is 0. The van der Waals surface area contributed by atoms with Crippen LogP contribution in [0.3, 0.4) is 0 Å². The first-order valence-electron chi connectivity index (χ1n) is 6.27. The van der Waals surface area contributed by atoms with Crippen LogP contribution in [0.2, 0.25) is 0 Å². The number of carbonyl (C=O) groups is 1. The minimum atomic E-state index is -0.670. The average molecular weight is 228 g/mol. The average Bonchev–Trinajstić information content (AvgIpc) is 2.27. The van der Waals surface area contributed by atoms with E-state index in [4.69, 9.17) is 5.73 Å². The topological polar surface area (TPSA) is 75.4 Å². The molecular formula is C12H24N2O2. The van der Waals surface area contributed by atoms with E-state index in [0.717, 1.165) is 25.7 Å². The molecule has 1 rings (SSSR count). The molecule has 4 N–H and O–H groups in total. The molecule has 4 nitrogen and oxygen atoms in total. The lowest BCUT2D eigenvalue weighted by atomic mass is 9.85. The Labute approximate surface area is 97.6 Å². The Kier molecular flexibility index (Phi) is 5.22. The molecule has 0 aliphatic heterocycles. The number of hydrogen-bond acceptors (Lipinski definition) is 3. The molecule has 1 saturated carbocycles. The van der Waals surface area contributed by atoms with Crippen molar-refractivity contribution in [3.63, 3.8) is 0 Å². The van der Waals surface area contributed by atoms with Crippen molar-refractivity contribution in [3.05, 3.63) is 0 Å². The largest absolute Gasteiger partial charge is 0.388 e. The van der Waals surface area contributed by atoms with Gasteiger partial charge in [0.15, 0.2) is 0 Å². The molecule has 0 aromatic heterocycles. The quantitative estimate of drug-likeness (QED) is 0.651. The number of aliphatic hydroxyl groups is 1. The lowest BCUT2D eigenvalue weighted by Crippen LogP contribution is -2.45. The van der Waals surface area contributed by atoms with Gasteiger partial charge in [0.1, 0.15) is 0 Å². The van der Waals surface area contributed by atoms with Crippen molar-refractivity contribution in [1.29, 1.82) is 0 Å². The van der Waals surface area contributed by atoms with E-state index in [-0.39, 0.29) is 11.8 Å². The lowest BCUT2D eigenvalue weighted by molar-refractivity contribution is -0.126. The van der Waals surface area contributed by atoms with E-state index >= 15 is 0 Å². The van der Waals surface area contributed by atoms with Crippen LogP contribution >= 0.6 is 0 Å². The molecule has 0 heterocycles. The van der Waals surface area contributed by atoms with E-state index in [1.807, 2.05) is 6.92 Å². The van der Waals surface area contributed by atoms with E-state index < -0.39 is 5.60 Å². The van der Waals surface area contributed by atoms with Gasteiger partial charge in [0, 0.05) is 12.5 Å². The summed E-state index contributed by atoms with van der Waals surface area (Å²) in [6.45, 7) is 2.78. The Hall–Kier alpha value is -0.610. The minimum Gasteiger partial charge on any atom is -0.388 e. The van der Waals surface area contributed by atoms with Crippen LogP contribution < -0.4 is 11.1 Å². The molecule has 1 unspecified atom stereocenters. The van der Waals surface area contributed by atoms with E-state index in [2.05, 4.69) is 5.32 Å². The molecule has 1 amide bonds. The molecule has 16 heavy (non-hydrogen) atoms. The van der Waals surface area contributed by atoms with Crippen LogP contribution in [0.5, 0.6) is 0 Å². The van der Waals surface area contributed by atoms with Gasteiger partial charge in [0.25, 0.3) is 0 Å². The fraction of sp³-hybridized carbons (Fsp3) is 0.917. The Bertz CT molecular complexity index is 225. The molecule has 0 aromatic carbocycles. The predicted molar refractivity (Wildman–Crippen MR) is 63.9 cm³/mol. The highest BCUT2D eigenvalue weighted by Gasteiger charge is 2.29. The van der Waals surface area contributed by atoms with Gasteiger partial charge in [-0.2, -0.15) is 0 Å². The first kappa shape index (κ1) is 13.5. The van der Waals surface area contributed by atoms with Crippen molar-refractivity contribution >= 4 is 5.91 Å². The monoisotopic (exact) mass is 228 g/mol. The standard InChI is InChI=1S/C12H24N2O2/c1-10(5-8-13)11(15)14-9-12(16)6-3-2-4-7-12/h10,16H,2-9,13H2,1H3,(H,14,15). The van der Waals surface area contributed by atoms with E-state index in [9.17, 15) is 9.90 Å². The summed E-state index contributed by atoms with van der Waals surface area (Å²) in [5.41, 5.74) is 4.73. The fourth-order valence-corrected chi connectivity index (χ4v) is 2.19. The van der Waals surface area contributed by atoms with Gasteiger partial charge in [0.2, 0.25) is 5.91 Å². The van der Waals surface area contributed by atoms with Gasteiger partial charge in [-0.1, -0.05) is 26.2 Å². The van der Waals surface area contributed by atoms with Gasteiger partial charge >= 0.3 is 0 Å². The third kappa shape index (κ3) is 4.10. The molecule has 94 valence electrons. The second kappa shape index (κ2) is 6.21. The molecule has 0 saturated heterocycles. The van der Waals surface area contributed by atoms with E-state index in [1.165, 1.54) is 6.42 Å². The number of rotatable bonds is 5. The first-order chi connectivity index (χ1) is 7.57. The van der Waals surface area contributed by atoms with E-state index in [0.29, 0.717) is 19.5 Å². The Morgan fingerprint density at radius 1 is 1.44 bits per heavy atom. The minimum absolute atomic E-state index is 0.00412. The maximum absolute atomic E-state index is 11.6. The van der Waals surface area contributed by atoms with Gasteiger partial charge in [-0.3, -0.25) is 4.79 Å². The molecule has 1 atom stereocenters. The molecule has 0 radical (unpaired) electrons. The van der Waals surface area contributed by atoms with Crippen LogP contribution in [0, 0.1) is 5.92 Å². The smallest absolute Gasteiger partial charge is 0.222 e. The van der Waals surface area contributed by atoms with Crippen LogP contribution in [-0.4, -0.2) is 29.7 Å². The van der Waals surface area contributed by atoms with Crippen molar-refractivity contribution in [2.24, 2.45) is 11.7 Å². The number of carbonyl (C=O) groups excluding carboxylic acids is 1. The second-order valence-corrected chi connectivity index (χ2v) is 4.98. The zero-order valence-electron chi connectivity index (χ0n) is 10.2. The van der Waals surface area contributed by atoms with Crippen LogP contribution in [0.15, 0.2) is 0 Å². The predicted octanol–water partition coefficient (Wildman–Crippen LogP) is 0.783.